The lowest BCUT2D eigenvalue weighted by molar-refractivity contribution is 0.159. The molecule has 1 N–H and O–H groups in total. The predicted molar refractivity (Wildman–Crippen MR) is 81.1 cm³/mol. The summed E-state index contributed by atoms with van der Waals surface area (Å²) in [6.07, 6.45) is 6.60. The summed E-state index contributed by atoms with van der Waals surface area (Å²) in [5.74, 6) is 0. The van der Waals surface area contributed by atoms with Crippen LogP contribution < -0.4 is 5.32 Å². The van der Waals surface area contributed by atoms with Crippen LogP contribution in [0.15, 0.2) is 43.0 Å². The molecule has 2 rings (SSSR count). The van der Waals surface area contributed by atoms with Crippen LogP contribution in [0.3, 0.4) is 0 Å². The Labute approximate surface area is 120 Å². The summed E-state index contributed by atoms with van der Waals surface area (Å²) in [6.45, 7) is 5.10. The SMILES string of the molecule is CCC(COC)NC(C)c1ccc(-n2ccnc2)cc1. The van der Waals surface area contributed by atoms with Crippen molar-refractivity contribution in [3.8, 4) is 5.69 Å². The highest BCUT2D eigenvalue weighted by molar-refractivity contribution is 5.35. The van der Waals surface area contributed by atoms with Crippen molar-refractivity contribution in [1.29, 1.82) is 0 Å². The molecule has 1 aromatic carbocycles. The van der Waals surface area contributed by atoms with Crippen LogP contribution in [0, 0.1) is 0 Å². The number of rotatable bonds is 7. The molecule has 4 heteroatoms. The zero-order chi connectivity index (χ0) is 14.4. The van der Waals surface area contributed by atoms with E-state index in [0.717, 1.165) is 18.7 Å². The normalized spacial score (nSPS) is 14.2. The van der Waals surface area contributed by atoms with Crippen LogP contribution in [-0.4, -0.2) is 29.3 Å². The molecule has 0 saturated carbocycles. The molecule has 0 aliphatic heterocycles. The van der Waals surface area contributed by atoms with Gasteiger partial charge in [-0.3, -0.25) is 0 Å². The van der Waals surface area contributed by atoms with Crippen molar-refractivity contribution >= 4 is 0 Å². The molecule has 0 amide bonds. The van der Waals surface area contributed by atoms with Gasteiger partial charge in [0, 0.05) is 37.3 Å². The smallest absolute Gasteiger partial charge is 0.0991 e. The summed E-state index contributed by atoms with van der Waals surface area (Å²) >= 11 is 0. The fourth-order valence-corrected chi connectivity index (χ4v) is 2.28. The van der Waals surface area contributed by atoms with Gasteiger partial charge in [0.1, 0.15) is 0 Å². The minimum Gasteiger partial charge on any atom is -0.383 e. The first kappa shape index (κ1) is 14.8. The van der Waals surface area contributed by atoms with Gasteiger partial charge in [-0.05, 0) is 31.0 Å². The van der Waals surface area contributed by atoms with Gasteiger partial charge in [-0.2, -0.15) is 0 Å². The number of nitrogens with zero attached hydrogens (tertiary/aromatic N) is 2. The van der Waals surface area contributed by atoms with Crippen molar-refractivity contribution in [2.24, 2.45) is 0 Å². The van der Waals surface area contributed by atoms with Crippen molar-refractivity contribution in [2.45, 2.75) is 32.4 Å². The Morgan fingerprint density at radius 3 is 2.60 bits per heavy atom. The van der Waals surface area contributed by atoms with Crippen LogP contribution in [0.25, 0.3) is 5.69 Å². The number of imidazole rings is 1. The van der Waals surface area contributed by atoms with Gasteiger partial charge in [0.15, 0.2) is 0 Å². The average Bonchev–Trinajstić information content (AvgIpc) is 3.01. The van der Waals surface area contributed by atoms with Gasteiger partial charge in [-0.15, -0.1) is 0 Å². The van der Waals surface area contributed by atoms with Crippen molar-refractivity contribution in [3.63, 3.8) is 0 Å². The minimum absolute atomic E-state index is 0.312. The lowest BCUT2D eigenvalue weighted by Crippen LogP contribution is -2.34. The first-order chi connectivity index (χ1) is 9.74. The highest BCUT2D eigenvalue weighted by Gasteiger charge is 2.11. The van der Waals surface area contributed by atoms with Crippen LogP contribution in [0.5, 0.6) is 0 Å². The molecule has 2 unspecified atom stereocenters. The number of hydrogen-bond donors (Lipinski definition) is 1. The number of benzene rings is 1. The van der Waals surface area contributed by atoms with Crippen LogP contribution >= 0.6 is 0 Å². The second-order valence-electron chi connectivity index (χ2n) is 5.01. The molecule has 2 aromatic rings. The molecular weight excluding hydrogens is 250 g/mol. The Balaban J connectivity index is 2.02. The van der Waals surface area contributed by atoms with Gasteiger partial charge in [0.25, 0.3) is 0 Å². The van der Waals surface area contributed by atoms with E-state index >= 15 is 0 Å². The summed E-state index contributed by atoms with van der Waals surface area (Å²) in [5.41, 5.74) is 2.41. The molecule has 0 fully saturated rings. The van der Waals surface area contributed by atoms with Gasteiger partial charge in [-0.1, -0.05) is 19.1 Å². The fraction of sp³-hybridized carbons (Fsp3) is 0.438. The van der Waals surface area contributed by atoms with E-state index in [1.165, 1.54) is 5.56 Å². The van der Waals surface area contributed by atoms with Crippen LogP contribution in [0.2, 0.25) is 0 Å². The minimum atomic E-state index is 0.312. The Morgan fingerprint density at radius 1 is 1.30 bits per heavy atom. The van der Waals surface area contributed by atoms with Gasteiger partial charge < -0.3 is 14.6 Å². The van der Waals surface area contributed by atoms with E-state index in [9.17, 15) is 0 Å². The van der Waals surface area contributed by atoms with E-state index in [-0.39, 0.29) is 0 Å². The predicted octanol–water partition coefficient (Wildman–Crippen LogP) is 2.95. The summed E-state index contributed by atoms with van der Waals surface area (Å²) in [5, 5.41) is 3.59. The number of methoxy groups -OCH3 is 1. The summed E-state index contributed by atoms with van der Waals surface area (Å²) in [6, 6.07) is 9.26. The zero-order valence-electron chi connectivity index (χ0n) is 12.4. The molecule has 4 nitrogen and oxygen atoms in total. The molecule has 0 saturated heterocycles. The van der Waals surface area contributed by atoms with Gasteiger partial charge in [0.2, 0.25) is 0 Å². The maximum absolute atomic E-state index is 5.23. The van der Waals surface area contributed by atoms with Crippen molar-refractivity contribution in [3.05, 3.63) is 48.5 Å². The van der Waals surface area contributed by atoms with Gasteiger partial charge >= 0.3 is 0 Å². The first-order valence-electron chi connectivity index (χ1n) is 7.08. The Kier molecular flexibility index (Phi) is 5.32. The molecular formula is C16H23N3O. The number of aromatic nitrogens is 2. The molecule has 1 aromatic heterocycles. The molecule has 0 aliphatic rings. The fourth-order valence-electron chi connectivity index (χ4n) is 2.28. The maximum Gasteiger partial charge on any atom is 0.0991 e. The maximum atomic E-state index is 5.23. The van der Waals surface area contributed by atoms with E-state index in [0.29, 0.717) is 12.1 Å². The Morgan fingerprint density at radius 2 is 2.05 bits per heavy atom. The molecule has 0 aliphatic carbocycles. The van der Waals surface area contributed by atoms with Gasteiger partial charge in [-0.25, -0.2) is 4.98 Å². The Hall–Kier alpha value is -1.65. The van der Waals surface area contributed by atoms with Crippen molar-refractivity contribution in [2.75, 3.05) is 13.7 Å². The molecule has 0 bridgehead atoms. The molecule has 0 spiro atoms. The van der Waals surface area contributed by atoms with Gasteiger partial charge in [0.05, 0.1) is 12.9 Å². The highest BCUT2D eigenvalue weighted by atomic mass is 16.5. The Bertz CT molecular complexity index is 493. The highest BCUT2D eigenvalue weighted by Crippen LogP contribution is 2.16. The van der Waals surface area contributed by atoms with E-state index in [4.69, 9.17) is 4.74 Å². The topological polar surface area (TPSA) is 39.1 Å². The molecule has 108 valence electrons. The van der Waals surface area contributed by atoms with Crippen molar-refractivity contribution in [1.82, 2.24) is 14.9 Å². The largest absolute Gasteiger partial charge is 0.383 e. The monoisotopic (exact) mass is 273 g/mol. The average molecular weight is 273 g/mol. The third-order valence-corrected chi connectivity index (χ3v) is 3.54. The summed E-state index contributed by atoms with van der Waals surface area (Å²) in [4.78, 5) is 4.06. The van der Waals surface area contributed by atoms with Crippen LogP contribution in [0.4, 0.5) is 0 Å². The molecule has 2 atom stereocenters. The molecule has 20 heavy (non-hydrogen) atoms. The number of nitrogens with one attached hydrogen (secondary N) is 1. The standard InChI is InChI=1S/C16H23N3O/c1-4-15(11-20-3)18-13(2)14-5-7-16(8-6-14)19-10-9-17-12-19/h5-10,12-13,15,18H,4,11H2,1-3H3. The summed E-state index contributed by atoms with van der Waals surface area (Å²) in [7, 11) is 1.74. The van der Waals surface area contributed by atoms with E-state index in [1.807, 2.05) is 17.1 Å². The third-order valence-electron chi connectivity index (χ3n) is 3.54. The van der Waals surface area contributed by atoms with E-state index in [2.05, 4.69) is 48.4 Å². The van der Waals surface area contributed by atoms with E-state index < -0.39 is 0 Å². The quantitative estimate of drug-likeness (QED) is 0.843. The van der Waals surface area contributed by atoms with Crippen LogP contribution in [0.1, 0.15) is 31.9 Å². The lowest BCUT2D eigenvalue weighted by Gasteiger charge is -2.22. The van der Waals surface area contributed by atoms with Crippen molar-refractivity contribution < 1.29 is 4.74 Å². The third kappa shape index (κ3) is 3.68. The summed E-state index contributed by atoms with van der Waals surface area (Å²) < 4.78 is 7.23. The molecule has 1 heterocycles. The lowest BCUT2D eigenvalue weighted by atomic mass is 10.1. The second-order valence-corrected chi connectivity index (χ2v) is 5.01. The number of hydrogen-bond acceptors (Lipinski definition) is 3. The second kappa shape index (κ2) is 7.22. The first-order valence-corrected chi connectivity index (χ1v) is 7.08. The zero-order valence-corrected chi connectivity index (χ0v) is 12.4. The van der Waals surface area contributed by atoms with Crippen LogP contribution in [-0.2, 0) is 4.74 Å². The number of ether oxygens (including phenoxy) is 1. The van der Waals surface area contributed by atoms with E-state index in [1.54, 1.807) is 13.3 Å². The molecule has 0 radical (unpaired) electrons.